The van der Waals surface area contributed by atoms with Gasteiger partial charge in [-0.25, -0.2) is 0 Å². The van der Waals surface area contributed by atoms with E-state index in [1.54, 1.807) is 6.08 Å². The van der Waals surface area contributed by atoms with E-state index in [2.05, 4.69) is 64.8 Å². The smallest absolute Gasteiger partial charge is 0.0892 e. The Balaban J connectivity index is 2.14. The molecule has 0 spiro atoms. The number of epoxide rings is 1. The van der Waals surface area contributed by atoms with E-state index in [1.807, 2.05) is 0 Å². The van der Waals surface area contributed by atoms with Crippen molar-refractivity contribution in [3.8, 4) is 12.3 Å². The van der Waals surface area contributed by atoms with E-state index in [9.17, 15) is 0 Å². The molecule has 0 radical (unpaired) electrons. The number of terminal acetylenes is 1. The van der Waals surface area contributed by atoms with E-state index in [1.165, 1.54) is 23.1 Å². The standard InChI is InChI=1S/C25H38O/c1-7-8-9-10-14-21(2)15-11-12-16-22(3)17-13-18-23(4)19-20-24-25(5,6)26-24/h1,8-9,15-16,18,24H,10-14,17,19-20H2,2-6H3/b9-8-,21-15+,22-16+,23-18+. The minimum Gasteiger partial charge on any atom is -0.367 e. The molecular weight excluding hydrogens is 316 g/mol. The first-order chi connectivity index (χ1) is 12.3. The molecule has 0 amide bonds. The van der Waals surface area contributed by atoms with Crippen LogP contribution in [-0.2, 0) is 4.74 Å². The minimum absolute atomic E-state index is 0.130. The van der Waals surface area contributed by atoms with Gasteiger partial charge in [0.1, 0.15) is 0 Å². The van der Waals surface area contributed by atoms with Crippen molar-refractivity contribution in [2.45, 2.75) is 97.7 Å². The predicted octanol–water partition coefficient (Wildman–Crippen LogP) is 7.31. The first kappa shape index (κ1) is 22.5. The van der Waals surface area contributed by atoms with Gasteiger partial charge in [-0.1, -0.05) is 46.9 Å². The van der Waals surface area contributed by atoms with Gasteiger partial charge in [0.2, 0.25) is 0 Å². The molecule has 1 unspecified atom stereocenters. The van der Waals surface area contributed by atoms with Crippen molar-refractivity contribution in [3.05, 3.63) is 47.1 Å². The fourth-order valence-corrected chi connectivity index (χ4v) is 3.07. The Kier molecular flexibility index (Phi) is 10.4. The van der Waals surface area contributed by atoms with Crippen molar-refractivity contribution >= 4 is 0 Å². The molecule has 26 heavy (non-hydrogen) atoms. The van der Waals surface area contributed by atoms with Crippen LogP contribution in [0.5, 0.6) is 0 Å². The molecule has 1 heteroatoms. The molecule has 0 saturated carbocycles. The quantitative estimate of drug-likeness (QED) is 0.155. The van der Waals surface area contributed by atoms with Gasteiger partial charge in [0, 0.05) is 0 Å². The van der Waals surface area contributed by atoms with Gasteiger partial charge in [0.15, 0.2) is 0 Å². The van der Waals surface area contributed by atoms with Gasteiger partial charge in [0.05, 0.1) is 11.7 Å². The minimum atomic E-state index is 0.130. The summed E-state index contributed by atoms with van der Waals surface area (Å²) in [6.07, 6.45) is 25.7. The Bertz CT molecular complexity index is 578. The summed E-state index contributed by atoms with van der Waals surface area (Å²) >= 11 is 0. The van der Waals surface area contributed by atoms with Crippen LogP contribution in [0.25, 0.3) is 0 Å². The highest BCUT2D eigenvalue weighted by Gasteiger charge is 2.46. The summed E-state index contributed by atoms with van der Waals surface area (Å²) in [6, 6.07) is 0. The maximum absolute atomic E-state index is 5.65. The third kappa shape index (κ3) is 10.5. The third-order valence-electron chi connectivity index (χ3n) is 5.07. The van der Waals surface area contributed by atoms with Crippen molar-refractivity contribution in [3.63, 3.8) is 0 Å². The summed E-state index contributed by atoms with van der Waals surface area (Å²) in [7, 11) is 0. The van der Waals surface area contributed by atoms with E-state index in [0.717, 1.165) is 44.9 Å². The maximum atomic E-state index is 5.65. The number of unbranched alkanes of at least 4 members (excludes halogenated alkanes) is 1. The summed E-state index contributed by atoms with van der Waals surface area (Å²) < 4.78 is 5.65. The molecule has 0 N–H and O–H groups in total. The molecule has 1 aliphatic rings. The second-order valence-corrected chi connectivity index (χ2v) is 8.12. The van der Waals surface area contributed by atoms with Crippen molar-refractivity contribution in [2.75, 3.05) is 0 Å². The highest BCUT2D eigenvalue weighted by atomic mass is 16.6. The van der Waals surface area contributed by atoms with Gasteiger partial charge < -0.3 is 4.74 Å². The topological polar surface area (TPSA) is 12.5 Å². The normalized spacial score (nSPS) is 20.5. The third-order valence-corrected chi connectivity index (χ3v) is 5.07. The molecule has 0 aromatic carbocycles. The van der Waals surface area contributed by atoms with Crippen LogP contribution < -0.4 is 0 Å². The first-order valence-electron chi connectivity index (χ1n) is 10.1. The number of rotatable bonds is 12. The van der Waals surface area contributed by atoms with E-state index >= 15 is 0 Å². The average molecular weight is 355 g/mol. The zero-order valence-electron chi connectivity index (χ0n) is 17.6. The van der Waals surface area contributed by atoms with Crippen molar-refractivity contribution < 1.29 is 4.74 Å². The van der Waals surface area contributed by atoms with E-state index in [4.69, 9.17) is 11.2 Å². The van der Waals surface area contributed by atoms with Crippen LogP contribution in [0.4, 0.5) is 0 Å². The van der Waals surface area contributed by atoms with Crippen LogP contribution >= 0.6 is 0 Å². The predicted molar refractivity (Wildman–Crippen MR) is 115 cm³/mol. The molecule has 0 bridgehead atoms. The van der Waals surface area contributed by atoms with Gasteiger partial charge in [-0.3, -0.25) is 0 Å². The molecule has 1 aliphatic heterocycles. The Morgan fingerprint density at radius 2 is 1.38 bits per heavy atom. The zero-order valence-corrected chi connectivity index (χ0v) is 17.6. The number of hydrogen-bond acceptors (Lipinski definition) is 1. The molecule has 1 nitrogen and oxygen atoms in total. The van der Waals surface area contributed by atoms with Gasteiger partial charge in [-0.15, -0.1) is 6.42 Å². The van der Waals surface area contributed by atoms with Crippen LogP contribution in [0.2, 0.25) is 0 Å². The summed E-state index contributed by atoms with van der Waals surface area (Å²) in [5.41, 5.74) is 4.59. The molecule has 144 valence electrons. The molecule has 0 aliphatic carbocycles. The Hall–Kier alpha value is -1.52. The summed E-state index contributed by atoms with van der Waals surface area (Å²) in [5.74, 6) is 2.53. The second kappa shape index (κ2) is 12.0. The van der Waals surface area contributed by atoms with Crippen LogP contribution in [0.15, 0.2) is 47.1 Å². The molecule has 0 aromatic heterocycles. The highest BCUT2D eigenvalue weighted by Crippen LogP contribution is 2.38. The molecular formula is C25H38O. The SMILES string of the molecule is C#C/C=C\CC/C(C)=C/CC/C=C(\C)CC/C=C(\C)CCC1OC1(C)C. The fraction of sp³-hybridized carbons (Fsp3) is 0.600. The van der Waals surface area contributed by atoms with E-state index < -0.39 is 0 Å². The molecule has 0 aromatic rings. The van der Waals surface area contributed by atoms with Gasteiger partial charge in [-0.2, -0.15) is 0 Å². The average Bonchev–Trinajstić information content (AvgIpc) is 3.20. The van der Waals surface area contributed by atoms with Crippen LogP contribution in [0.1, 0.15) is 86.0 Å². The van der Waals surface area contributed by atoms with Gasteiger partial charge >= 0.3 is 0 Å². The summed E-state index contributed by atoms with van der Waals surface area (Å²) in [6.45, 7) is 11.1. The van der Waals surface area contributed by atoms with Gasteiger partial charge in [-0.05, 0) is 92.1 Å². The summed E-state index contributed by atoms with van der Waals surface area (Å²) in [4.78, 5) is 0. The lowest BCUT2D eigenvalue weighted by molar-refractivity contribution is 0.320. The number of hydrogen-bond donors (Lipinski definition) is 0. The Morgan fingerprint density at radius 1 is 0.885 bits per heavy atom. The first-order valence-corrected chi connectivity index (χ1v) is 10.1. The largest absolute Gasteiger partial charge is 0.367 e. The number of allylic oxidation sites excluding steroid dienone is 8. The lowest BCUT2D eigenvalue weighted by Crippen LogP contribution is -2.02. The lowest BCUT2D eigenvalue weighted by atomic mass is 10.0. The zero-order chi connectivity index (χ0) is 19.4. The van der Waals surface area contributed by atoms with Crippen molar-refractivity contribution in [1.82, 2.24) is 0 Å². The van der Waals surface area contributed by atoms with Crippen molar-refractivity contribution in [1.29, 1.82) is 0 Å². The fourth-order valence-electron chi connectivity index (χ4n) is 3.07. The molecule has 1 fully saturated rings. The number of ether oxygens (including phenoxy) is 1. The van der Waals surface area contributed by atoms with Crippen LogP contribution in [-0.4, -0.2) is 11.7 Å². The second-order valence-electron chi connectivity index (χ2n) is 8.12. The molecule has 1 atom stereocenters. The van der Waals surface area contributed by atoms with Crippen LogP contribution in [0, 0.1) is 12.3 Å². The van der Waals surface area contributed by atoms with Crippen molar-refractivity contribution in [2.24, 2.45) is 0 Å². The monoisotopic (exact) mass is 354 g/mol. The van der Waals surface area contributed by atoms with E-state index in [0.29, 0.717) is 6.10 Å². The maximum Gasteiger partial charge on any atom is 0.0892 e. The highest BCUT2D eigenvalue weighted by molar-refractivity contribution is 5.10. The molecule has 1 heterocycles. The molecule has 1 saturated heterocycles. The van der Waals surface area contributed by atoms with Crippen LogP contribution in [0.3, 0.4) is 0 Å². The van der Waals surface area contributed by atoms with E-state index in [-0.39, 0.29) is 5.60 Å². The van der Waals surface area contributed by atoms with Gasteiger partial charge in [0.25, 0.3) is 0 Å². The Morgan fingerprint density at radius 3 is 1.92 bits per heavy atom. The lowest BCUT2D eigenvalue weighted by Gasteiger charge is -2.02. The summed E-state index contributed by atoms with van der Waals surface area (Å²) in [5, 5.41) is 0. The molecule has 1 rings (SSSR count). The Labute approximate surface area is 162 Å².